The minimum Gasteiger partial charge on any atom is -0.306 e. The summed E-state index contributed by atoms with van der Waals surface area (Å²) >= 11 is 2.09. The first kappa shape index (κ1) is 10.5. The van der Waals surface area contributed by atoms with Crippen LogP contribution in [0.3, 0.4) is 0 Å². The monoisotopic (exact) mass is 212 g/mol. The fraction of sp³-hybridized carbons (Fsp3) is 0.909. The predicted molar refractivity (Wildman–Crippen MR) is 64.5 cm³/mol. The topological polar surface area (TPSA) is 24.4 Å². The van der Waals surface area contributed by atoms with Crippen molar-refractivity contribution >= 4 is 18.0 Å². The highest BCUT2D eigenvalue weighted by Crippen LogP contribution is 2.40. The van der Waals surface area contributed by atoms with E-state index in [1.54, 1.807) is 0 Å². The zero-order chi connectivity index (χ0) is 10.1. The van der Waals surface area contributed by atoms with Gasteiger partial charge in [-0.05, 0) is 31.6 Å². The summed E-state index contributed by atoms with van der Waals surface area (Å²) in [5.41, 5.74) is 0.214. The lowest BCUT2D eigenvalue weighted by Crippen LogP contribution is -2.53. The van der Waals surface area contributed by atoms with Gasteiger partial charge in [0, 0.05) is 17.5 Å². The first-order chi connectivity index (χ1) is 6.62. The summed E-state index contributed by atoms with van der Waals surface area (Å²) in [5, 5.41) is 3.69. The number of hydrogen-bond acceptors (Lipinski definition) is 3. The molecule has 0 bridgehead atoms. The molecule has 1 atom stereocenters. The Labute approximate surface area is 90.9 Å². The van der Waals surface area contributed by atoms with Crippen LogP contribution in [0.5, 0.6) is 0 Å². The maximum absolute atomic E-state index is 4.52. The standard InChI is InChI=1S/C11H20N2S/c1-10(2)8-11(4-7-14-10)9-12-5-3-6-13-11/h9,13H,3-8H2,1-2H3. The lowest BCUT2D eigenvalue weighted by Gasteiger charge is -2.42. The van der Waals surface area contributed by atoms with Crippen LogP contribution in [-0.2, 0) is 0 Å². The van der Waals surface area contributed by atoms with Crippen LogP contribution in [0.1, 0.15) is 33.1 Å². The zero-order valence-electron chi connectivity index (χ0n) is 9.18. The average molecular weight is 212 g/mol. The van der Waals surface area contributed by atoms with Crippen LogP contribution in [-0.4, -0.2) is 35.3 Å². The lowest BCUT2D eigenvalue weighted by molar-refractivity contribution is 0.361. The van der Waals surface area contributed by atoms with Crippen molar-refractivity contribution in [3.05, 3.63) is 0 Å². The molecular formula is C11H20N2S. The Morgan fingerprint density at radius 1 is 1.43 bits per heavy atom. The molecule has 0 aliphatic carbocycles. The number of nitrogens with zero attached hydrogens (tertiary/aromatic N) is 1. The molecule has 2 rings (SSSR count). The molecule has 1 saturated heterocycles. The van der Waals surface area contributed by atoms with Gasteiger partial charge >= 0.3 is 0 Å². The summed E-state index contributed by atoms with van der Waals surface area (Å²) < 4.78 is 0.404. The molecule has 1 spiro atoms. The summed E-state index contributed by atoms with van der Waals surface area (Å²) in [4.78, 5) is 4.52. The first-order valence-electron chi connectivity index (χ1n) is 5.52. The molecule has 0 amide bonds. The van der Waals surface area contributed by atoms with E-state index in [2.05, 4.69) is 42.1 Å². The zero-order valence-corrected chi connectivity index (χ0v) is 9.99. The van der Waals surface area contributed by atoms with Crippen LogP contribution in [0.15, 0.2) is 4.99 Å². The van der Waals surface area contributed by atoms with E-state index in [9.17, 15) is 0 Å². The van der Waals surface area contributed by atoms with Crippen molar-refractivity contribution in [2.24, 2.45) is 4.99 Å². The molecule has 2 nitrogen and oxygen atoms in total. The van der Waals surface area contributed by atoms with E-state index in [4.69, 9.17) is 0 Å². The van der Waals surface area contributed by atoms with Gasteiger partial charge in [-0.15, -0.1) is 0 Å². The van der Waals surface area contributed by atoms with Gasteiger partial charge in [0.1, 0.15) is 0 Å². The molecule has 0 aromatic rings. The van der Waals surface area contributed by atoms with Gasteiger partial charge in [-0.3, -0.25) is 4.99 Å². The fourth-order valence-electron chi connectivity index (χ4n) is 2.46. The summed E-state index contributed by atoms with van der Waals surface area (Å²) in [6.07, 6.45) is 5.84. The molecule has 1 unspecified atom stereocenters. The third-order valence-corrected chi connectivity index (χ3v) is 4.40. The lowest BCUT2D eigenvalue weighted by atomic mass is 9.86. The van der Waals surface area contributed by atoms with Crippen LogP contribution < -0.4 is 5.32 Å². The molecule has 0 aromatic carbocycles. The minimum absolute atomic E-state index is 0.214. The Morgan fingerprint density at radius 2 is 2.29 bits per heavy atom. The normalized spacial score (nSPS) is 37.0. The van der Waals surface area contributed by atoms with E-state index >= 15 is 0 Å². The number of rotatable bonds is 0. The maximum atomic E-state index is 4.52. The average Bonchev–Trinajstić information content (AvgIpc) is 2.29. The van der Waals surface area contributed by atoms with Gasteiger partial charge in [-0.25, -0.2) is 0 Å². The molecule has 2 aliphatic rings. The van der Waals surface area contributed by atoms with Gasteiger partial charge in [-0.2, -0.15) is 11.8 Å². The summed E-state index contributed by atoms with van der Waals surface area (Å²) in [7, 11) is 0. The van der Waals surface area contributed by atoms with E-state index in [0.717, 1.165) is 13.1 Å². The summed E-state index contributed by atoms with van der Waals surface area (Å²) in [6.45, 7) is 6.82. The molecule has 3 heteroatoms. The van der Waals surface area contributed by atoms with Crippen molar-refractivity contribution in [3.63, 3.8) is 0 Å². The van der Waals surface area contributed by atoms with Crippen molar-refractivity contribution in [1.82, 2.24) is 5.32 Å². The maximum Gasteiger partial charge on any atom is 0.0555 e. The number of thioether (sulfide) groups is 1. The van der Waals surface area contributed by atoms with Gasteiger partial charge in [-0.1, -0.05) is 13.8 Å². The quantitative estimate of drug-likeness (QED) is 0.665. The van der Waals surface area contributed by atoms with E-state index in [0.29, 0.717) is 4.75 Å². The van der Waals surface area contributed by atoms with Crippen LogP contribution >= 0.6 is 11.8 Å². The highest BCUT2D eigenvalue weighted by atomic mass is 32.2. The third kappa shape index (κ3) is 2.31. The first-order valence-corrected chi connectivity index (χ1v) is 6.51. The minimum atomic E-state index is 0.214. The molecule has 80 valence electrons. The van der Waals surface area contributed by atoms with E-state index in [-0.39, 0.29) is 5.54 Å². The molecule has 0 aromatic heterocycles. The molecule has 2 aliphatic heterocycles. The van der Waals surface area contributed by atoms with Crippen molar-refractivity contribution in [1.29, 1.82) is 0 Å². The molecule has 1 fully saturated rings. The molecule has 0 saturated carbocycles. The van der Waals surface area contributed by atoms with Crippen LogP contribution in [0, 0.1) is 0 Å². The van der Waals surface area contributed by atoms with Crippen molar-refractivity contribution in [2.75, 3.05) is 18.8 Å². The van der Waals surface area contributed by atoms with Gasteiger partial charge in [0.15, 0.2) is 0 Å². The second kappa shape index (κ2) is 3.86. The number of aliphatic imine (C=N–C) groups is 1. The second-order valence-corrected chi connectivity index (χ2v) is 6.81. The Hall–Kier alpha value is -0.0200. The Bertz CT molecular complexity index is 237. The van der Waals surface area contributed by atoms with Crippen molar-refractivity contribution in [2.45, 2.75) is 43.4 Å². The second-order valence-electron chi connectivity index (χ2n) is 5.01. The van der Waals surface area contributed by atoms with E-state index < -0.39 is 0 Å². The summed E-state index contributed by atoms with van der Waals surface area (Å²) in [5.74, 6) is 1.26. The van der Waals surface area contributed by atoms with Crippen LogP contribution in [0.2, 0.25) is 0 Å². The Kier molecular flexibility index (Phi) is 2.89. The van der Waals surface area contributed by atoms with Crippen LogP contribution in [0.4, 0.5) is 0 Å². The van der Waals surface area contributed by atoms with Gasteiger partial charge in [0.25, 0.3) is 0 Å². The molecule has 2 heterocycles. The smallest absolute Gasteiger partial charge is 0.0555 e. The van der Waals surface area contributed by atoms with E-state index in [1.807, 2.05) is 0 Å². The Balaban J connectivity index is 2.13. The van der Waals surface area contributed by atoms with E-state index in [1.165, 1.54) is 25.0 Å². The van der Waals surface area contributed by atoms with Crippen molar-refractivity contribution < 1.29 is 0 Å². The molecule has 14 heavy (non-hydrogen) atoms. The summed E-state index contributed by atoms with van der Waals surface area (Å²) in [6, 6.07) is 0. The van der Waals surface area contributed by atoms with Crippen molar-refractivity contribution in [3.8, 4) is 0 Å². The van der Waals surface area contributed by atoms with Gasteiger partial charge in [0.2, 0.25) is 0 Å². The largest absolute Gasteiger partial charge is 0.306 e. The Morgan fingerprint density at radius 3 is 3.07 bits per heavy atom. The molecular weight excluding hydrogens is 192 g/mol. The number of nitrogens with one attached hydrogen (secondary N) is 1. The van der Waals surface area contributed by atoms with Crippen LogP contribution in [0.25, 0.3) is 0 Å². The SMILES string of the molecule is CC1(C)CC2(C=NCCCN2)CCS1. The molecule has 0 radical (unpaired) electrons. The van der Waals surface area contributed by atoms with Gasteiger partial charge < -0.3 is 5.32 Å². The number of hydrogen-bond donors (Lipinski definition) is 1. The van der Waals surface area contributed by atoms with Gasteiger partial charge in [0.05, 0.1) is 5.54 Å². The highest BCUT2D eigenvalue weighted by molar-refractivity contribution is 8.00. The highest BCUT2D eigenvalue weighted by Gasteiger charge is 2.39. The molecule has 1 N–H and O–H groups in total. The fourth-order valence-corrected chi connectivity index (χ4v) is 3.84. The third-order valence-electron chi connectivity index (χ3n) is 3.06. The predicted octanol–water partition coefficient (Wildman–Crippen LogP) is 2.09.